The molecule has 106 valence electrons. The summed E-state index contributed by atoms with van der Waals surface area (Å²) in [6, 6.07) is 10.0. The summed E-state index contributed by atoms with van der Waals surface area (Å²) >= 11 is 0. The number of benzene rings is 1. The van der Waals surface area contributed by atoms with Gasteiger partial charge in [0, 0.05) is 13.1 Å². The second kappa shape index (κ2) is 5.63. The molecule has 3 rings (SSSR count). The lowest BCUT2D eigenvalue weighted by Crippen LogP contribution is -2.58. The molecule has 2 aliphatic heterocycles. The minimum atomic E-state index is -0.294. The average Bonchev–Trinajstić information content (AvgIpc) is 2.97. The topological polar surface area (TPSA) is 61.4 Å². The van der Waals surface area contributed by atoms with Crippen LogP contribution in [0.3, 0.4) is 0 Å². The van der Waals surface area contributed by atoms with Crippen molar-refractivity contribution in [1.82, 2.24) is 15.5 Å². The molecule has 2 heterocycles. The van der Waals surface area contributed by atoms with Gasteiger partial charge >= 0.3 is 0 Å². The zero-order valence-corrected chi connectivity index (χ0v) is 11.3. The molecule has 0 radical (unpaired) electrons. The van der Waals surface area contributed by atoms with Crippen LogP contribution in [-0.2, 0) is 9.59 Å². The Morgan fingerprint density at radius 2 is 2.05 bits per heavy atom. The molecule has 2 unspecified atom stereocenters. The number of carbonyl (C=O) groups is 2. The van der Waals surface area contributed by atoms with Gasteiger partial charge in [0.2, 0.25) is 11.8 Å². The molecule has 0 aliphatic carbocycles. The summed E-state index contributed by atoms with van der Waals surface area (Å²) in [5.74, 6) is 0.0476. The molecular weight excluding hydrogens is 254 g/mol. The first-order valence-electron chi connectivity index (χ1n) is 7.11. The SMILES string of the molecule is O=C1CNC(C(=O)N2CCCC2c2ccccc2)CN1. The van der Waals surface area contributed by atoms with E-state index in [4.69, 9.17) is 0 Å². The van der Waals surface area contributed by atoms with Gasteiger partial charge in [-0.15, -0.1) is 0 Å². The van der Waals surface area contributed by atoms with E-state index in [9.17, 15) is 9.59 Å². The predicted molar refractivity (Wildman–Crippen MR) is 74.9 cm³/mol. The van der Waals surface area contributed by atoms with E-state index in [-0.39, 0.29) is 30.4 Å². The molecule has 2 saturated heterocycles. The molecule has 2 N–H and O–H groups in total. The number of carbonyl (C=O) groups excluding carboxylic acids is 2. The summed E-state index contributed by atoms with van der Waals surface area (Å²) in [5.41, 5.74) is 1.19. The Kier molecular flexibility index (Phi) is 3.69. The van der Waals surface area contributed by atoms with E-state index >= 15 is 0 Å². The fourth-order valence-corrected chi connectivity index (χ4v) is 2.99. The van der Waals surface area contributed by atoms with Gasteiger partial charge in [-0.2, -0.15) is 0 Å². The number of amides is 2. The number of hydrogen-bond donors (Lipinski definition) is 2. The number of hydrogen-bond acceptors (Lipinski definition) is 3. The Hall–Kier alpha value is -1.88. The van der Waals surface area contributed by atoms with Crippen molar-refractivity contribution in [2.24, 2.45) is 0 Å². The van der Waals surface area contributed by atoms with Gasteiger partial charge in [-0.3, -0.25) is 14.9 Å². The van der Waals surface area contributed by atoms with Crippen molar-refractivity contribution in [1.29, 1.82) is 0 Å². The van der Waals surface area contributed by atoms with Crippen molar-refractivity contribution in [3.63, 3.8) is 0 Å². The van der Waals surface area contributed by atoms with Gasteiger partial charge in [0.15, 0.2) is 0 Å². The Morgan fingerprint density at radius 1 is 1.25 bits per heavy atom. The molecule has 2 aliphatic rings. The van der Waals surface area contributed by atoms with E-state index in [1.165, 1.54) is 5.56 Å². The molecule has 0 aromatic heterocycles. The number of piperazine rings is 1. The molecule has 0 spiro atoms. The first-order chi connectivity index (χ1) is 9.75. The van der Waals surface area contributed by atoms with Crippen LogP contribution in [0.2, 0.25) is 0 Å². The molecule has 0 bridgehead atoms. The normalized spacial score (nSPS) is 26.4. The minimum Gasteiger partial charge on any atom is -0.353 e. The third-order valence-electron chi connectivity index (χ3n) is 4.03. The van der Waals surface area contributed by atoms with Crippen LogP contribution < -0.4 is 10.6 Å². The van der Waals surface area contributed by atoms with Crippen LogP contribution in [-0.4, -0.2) is 42.4 Å². The van der Waals surface area contributed by atoms with Crippen molar-refractivity contribution >= 4 is 11.8 Å². The second-order valence-electron chi connectivity index (χ2n) is 5.34. The molecule has 5 heteroatoms. The maximum atomic E-state index is 12.6. The van der Waals surface area contributed by atoms with Gasteiger partial charge in [-0.1, -0.05) is 30.3 Å². The molecule has 2 fully saturated rings. The highest BCUT2D eigenvalue weighted by atomic mass is 16.2. The van der Waals surface area contributed by atoms with Crippen LogP contribution in [0, 0.1) is 0 Å². The Balaban J connectivity index is 1.72. The average molecular weight is 273 g/mol. The zero-order valence-electron chi connectivity index (χ0n) is 11.3. The maximum absolute atomic E-state index is 12.6. The van der Waals surface area contributed by atoms with Crippen molar-refractivity contribution in [3.8, 4) is 0 Å². The Labute approximate surface area is 118 Å². The zero-order chi connectivity index (χ0) is 13.9. The summed E-state index contributed by atoms with van der Waals surface area (Å²) in [4.78, 5) is 25.7. The standard InChI is InChI=1S/C15H19N3O2/c19-14-10-16-12(9-17-14)15(20)18-8-4-7-13(18)11-5-2-1-3-6-11/h1-3,5-6,12-13,16H,4,7-10H2,(H,17,19). The Morgan fingerprint density at radius 3 is 2.75 bits per heavy atom. The number of likely N-dealkylation sites (tertiary alicyclic amines) is 1. The predicted octanol–water partition coefficient (Wildman–Crippen LogP) is 0.438. The number of nitrogens with one attached hydrogen (secondary N) is 2. The molecular formula is C15H19N3O2. The highest BCUT2D eigenvalue weighted by Gasteiger charge is 2.35. The monoisotopic (exact) mass is 273 g/mol. The molecule has 2 amide bonds. The molecule has 1 aromatic rings. The summed E-state index contributed by atoms with van der Waals surface area (Å²) in [5, 5.41) is 5.76. The number of rotatable bonds is 2. The van der Waals surface area contributed by atoms with Crippen LogP contribution in [0.1, 0.15) is 24.4 Å². The van der Waals surface area contributed by atoms with Crippen LogP contribution >= 0.6 is 0 Å². The fourth-order valence-electron chi connectivity index (χ4n) is 2.99. The smallest absolute Gasteiger partial charge is 0.242 e. The van der Waals surface area contributed by atoms with Gasteiger partial charge in [0.25, 0.3) is 0 Å². The van der Waals surface area contributed by atoms with E-state index in [1.807, 2.05) is 23.1 Å². The van der Waals surface area contributed by atoms with Crippen LogP contribution in [0.25, 0.3) is 0 Å². The molecule has 5 nitrogen and oxygen atoms in total. The molecule has 20 heavy (non-hydrogen) atoms. The Bertz CT molecular complexity index is 493. The maximum Gasteiger partial charge on any atom is 0.242 e. The summed E-state index contributed by atoms with van der Waals surface area (Å²) < 4.78 is 0. The van der Waals surface area contributed by atoms with Gasteiger partial charge in [0.05, 0.1) is 12.6 Å². The molecule has 0 saturated carbocycles. The lowest BCUT2D eigenvalue weighted by atomic mass is 10.0. The molecule has 2 atom stereocenters. The highest BCUT2D eigenvalue weighted by Crippen LogP contribution is 2.32. The lowest BCUT2D eigenvalue weighted by molar-refractivity contribution is -0.135. The third kappa shape index (κ3) is 2.54. The van der Waals surface area contributed by atoms with Gasteiger partial charge in [-0.25, -0.2) is 0 Å². The second-order valence-corrected chi connectivity index (χ2v) is 5.34. The van der Waals surface area contributed by atoms with Gasteiger partial charge in [-0.05, 0) is 18.4 Å². The van der Waals surface area contributed by atoms with Crippen molar-refractivity contribution < 1.29 is 9.59 Å². The van der Waals surface area contributed by atoms with Crippen LogP contribution in [0.15, 0.2) is 30.3 Å². The summed E-state index contributed by atoms with van der Waals surface area (Å²) in [7, 11) is 0. The first kappa shape index (κ1) is 13.1. The highest BCUT2D eigenvalue weighted by molar-refractivity contribution is 5.87. The largest absolute Gasteiger partial charge is 0.353 e. The van der Waals surface area contributed by atoms with Gasteiger partial charge in [0.1, 0.15) is 6.04 Å². The summed E-state index contributed by atoms with van der Waals surface area (Å²) in [6.07, 6.45) is 2.04. The quantitative estimate of drug-likeness (QED) is 0.822. The van der Waals surface area contributed by atoms with E-state index in [0.717, 1.165) is 19.4 Å². The van der Waals surface area contributed by atoms with E-state index in [0.29, 0.717) is 6.54 Å². The number of nitrogens with zero attached hydrogens (tertiary/aromatic N) is 1. The van der Waals surface area contributed by atoms with Crippen molar-refractivity contribution in [2.45, 2.75) is 24.9 Å². The van der Waals surface area contributed by atoms with Crippen molar-refractivity contribution in [2.75, 3.05) is 19.6 Å². The fraction of sp³-hybridized carbons (Fsp3) is 0.467. The lowest BCUT2D eigenvalue weighted by Gasteiger charge is -2.31. The minimum absolute atomic E-state index is 0.0462. The van der Waals surface area contributed by atoms with Crippen LogP contribution in [0.5, 0.6) is 0 Å². The van der Waals surface area contributed by atoms with E-state index in [2.05, 4.69) is 22.8 Å². The first-order valence-corrected chi connectivity index (χ1v) is 7.11. The van der Waals surface area contributed by atoms with Crippen LogP contribution in [0.4, 0.5) is 0 Å². The third-order valence-corrected chi connectivity index (χ3v) is 4.03. The van der Waals surface area contributed by atoms with Crippen molar-refractivity contribution in [3.05, 3.63) is 35.9 Å². The molecule has 1 aromatic carbocycles. The van der Waals surface area contributed by atoms with Gasteiger partial charge < -0.3 is 10.2 Å². The van der Waals surface area contributed by atoms with E-state index in [1.54, 1.807) is 0 Å². The summed E-state index contributed by atoms with van der Waals surface area (Å²) in [6.45, 7) is 1.40. The van der Waals surface area contributed by atoms with E-state index < -0.39 is 0 Å².